The summed E-state index contributed by atoms with van der Waals surface area (Å²) < 4.78 is 5.12. The van der Waals surface area contributed by atoms with Crippen molar-refractivity contribution in [2.45, 2.75) is 39.2 Å². The van der Waals surface area contributed by atoms with Crippen LogP contribution in [-0.4, -0.2) is 18.2 Å². The summed E-state index contributed by atoms with van der Waals surface area (Å²) in [7, 11) is 0. The van der Waals surface area contributed by atoms with Crippen molar-refractivity contribution in [3.05, 3.63) is 0 Å². The maximum Gasteiger partial charge on any atom is 0.407 e. The summed E-state index contributed by atoms with van der Waals surface area (Å²) >= 11 is 0. The molecule has 0 heterocycles. The van der Waals surface area contributed by atoms with Gasteiger partial charge in [-0.3, -0.25) is 0 Å². The first-order chi connectivity index (χ1) is 6.92. The lowest BCUT2D eigenvalue weighted by molar-refractivity contribution is 0.0502. The second-order valence-corrected chi connectivity index (χ2v) is 4.99. The molecule has 0 aromatic carbocycles. The molecule has 0 bridgehead atoms. The van der Waals surface area contributed by atoms with Crippen molar-refractivity contribution in [2.24, 2.45) is 11.8 Å². The second-order valence-electron chi connectivity index (χ2n) is 4.99. The van der Waals surface area contributed by atoms with Gasteiger partial charge < -0.3 is 10.1 Å². The molecule has 15 heavy (non-hydrogen) atoms. The summed E-state index contributed by atoms with van der Waals surface area (Å²) in [5.41, 5.74) is -0.435. The quantitative estimate of drug-likeness (QED) is 0.708. The zero-order valence-corrected chi connectivity index (χ0v) is 9.67. The van der Waals surface area contributed by atoms with Crippen LogP contribution in [-0.2, 0) is 4.74 Å². The number of hydrogen-bond donors (Lipinski definition) is 1. The molecule has 0 saturated heterocycles. The molecule has 2 atom stereocenters. The molecule has 1 aliphatic rings. The van der Waals surface area contributed by atoms with Gasteiger partial charge in [-0.1, -0.05) is 0 Å². The van der Waals surface area contributed by atoms with Crippen molar-refractivity contribution >= 4 is 6.09 Å². The first-order valence-electron chi connectivity index (χ1n) is 5.35. The van der Waals surface area contributed by atoms with Crippen molar-refractivity contribution < 1.29 is 9.53 Å². The third-order valence-electron chi connectivity index (χ3n) is 2.54. The normalized spacial score (nSPS) is 24.9. The van der Waals surface area contributed by atoms with E-state index >= 15 is 0 Å². The van der Waals surface area contributed by atoms with E-state index in [-0.39, 0.29) is 6.09 Å². The van der Waals surface area contributed by atoms with Gasteiger partial charge in [0.05, 0.1) is 0 Å². The summed E-state index contributed by atoms with van der Waals surface area (Å²) in [5, 5.41) is 2.75. The van der Waals surface area contributed by atoms with Crippen molar-refractivity contribution in [3.8, 4) is 12.3 Å². The first-order valence-corrected chi connectivity index (χ1v) is 5.35. The second kappa shape index (κ2) is 4.57. The van der Waals surface area contributed by atoms with Gasteiger partial charge in [-0.2, -0.15) is 0 Å². The number of terminal acetylenes is 1. The Balaban J connectivity index is 2.21. The minimum Gasteiger partial charge on any atom is -0.444 e. The predicted octanol–water partition coefficient (Wildman–Crippen LogP) is 2.17. The molecule has 3 heteroatoms. The fourth-order valence-corrected chi connectivity index (χ4v) is 1.56. The maximum absolute atomic E-state index is 11.3. The van der Waals surface area contributed by atoms with Crippen LogP contribution in [0.5, 0.6) is 0 Å². The van der Waals surface area contributed by atoms with Crippen LogP contribution in [0.1, 0.15) is 33.6 Å². The Morgan fingerprint density at radius 2 is 2.20 bits per heavy atom. The van der Waals surface area contributed by atoms with Crippen molar-refractivity contribution in [1.29, 1.82) is 0 Å². The van der Waals surface area contributed by atoms with Gasteiger partial charge in [-0.05, 0) is 39.5 Å². The summed E-state index contributed by atoms with van der Waals surface area (Å²) in [6.45, 7) is 6.17. The fourth-order valence-electron chi connectivity index (χ4n) is 1.56. The molecule has 1 rings (SSSR count). The Bertz CT molecular complexity index is 272. The largest absolute Gasteiger partial charge is 0.444 e. The van der Waals surface area contributed by atoms with Crippen LogP contribution in [0.3, 0.4) is 0 Å². The number of nitrogens with one attached hydrogen (secondary N) is 1. The lowest BCUT2D eigenvalue weighted by Crippen LogP contribution is -2.39. The van der Waals surface area contributed by atoms with Gasteiger partial charge in [0.2, 0.25) is 0 Å². The van der Waals surface area contributed by atoms with Crippen molar-refractivity contribution in [1.82, 2.24) is 5.32 Å². The SMILES string of the molecule is C#C[C@H]1CC[C@H]1CNC(=O)OC(C)(C)C. The average molecular weight is 209 g/mol. The first kappa shape index (κ1) is 11.9. The predicted molar refractivity (Wildman–Crippen MR) is 59.3 cm³/mol. The highest BCUT2D eigenvalue weighted by molar-refractivity contribution is 5.67. The van der Waals surface area contributed by atoms with E-state index in [1.165, 1.54) is 0 Å². The molecule has 3 nitrogen and oxygen atoms in total. The summed E-state index contributed by atoms with van der Waals surface area (Å²) in [6.07, 6.45) is 7.16. The summed E-state index contributed by atoms with van der Waals surface area (Å²) in [5.74, 6) is 3.50. The van der Waals surface area contributed by atoms with E-state index in [1.807, 2.05) is 20.8 Å². The number of carbonyl (C=O) groups excluding carboxylic acids is 1. The molecule has 0 unspecified atom stereocenters. The van der Waals surface area contributed by atoms with Gasteiger partial charge in [-0.25, -0.2) is 4.79 Å². The van der Waals surface area contributed by atoms with E-state index in [4.69, 9.17) is 11.2 Å². The molecule has 1 fully saturated rings. The molecule has 0 aromatic rings. The van der Waals surface area contributed by atoms with E-state index in [1.54, 1.807) is 0 Å². The summed E-state index contributed by atoms with van der Waals surface area (Å²) in [6, 6.07) is 0. The lowest BCUT2D eigenvalue weighted by Gasteiger charge is -2.33. The molecule has 0 aromatic heterocycles. The Kier molecular flexibility index (Phi) is 3.62. The van der Waals surface area contributed by atoms with Crippen LogP contribution in [0, 0.1) is 24.2 Å². The number of rotatable bonds is 2. The molecule has 0 spiro atoms. The standard InChI is InChI=1S/C12H19NO2/c1-5-9-6-7-10(9)8-13-11(14)15-12(2,3)4/h1,9-10H,6-8H2,2-4H3,(H,13,14)/t9-,10-/m0/s1. The van der Waals surface area contributed by atoms with Gasteiger partial charge in [-0.15, -0.1) is 12.3 Å². The van der Waals surface area contributed by atoms with Crippen molar-refractivity contribution in [3.63, 3.8) is 0 Å². The van der Waals surface area contributed by atoms with Gasteiger partial charge in [0, 0.05) is 12.5 Å². The highest BCUT2D eigenvalue weighted by Gasteiger charge is 2.29. The molecular weight excluding hydrogens is 190 g/mol. The van der Waals surface area contributed by atoms with Gasteiger partial charge in [0.1, 0.15) is 5.60 Å². The molecule has 1 saturated carbocycles. The van der Waals surface area contributed by atoms with Crippen LogP contribution in [0.15, 0.2) is 0 Å². The molecule has 1 N–H and O–H groups in total. The van der Waals surface area contributed by atoms with Crippen LogP contribution >= 0.6 is 0 Å². The van der Waals surface area contributed by atoms with E-state index in [2.05, 4.69) is 11.2 Å². The molecule has 0 aliphatic heterocycles. The number of amides is 1. The van der Waals surface area contributed by atoms with Crippen LogP contribution in [0.25, 0.3) is 0 Å². The third-order valence-corrected chi connectivity index (χ3v) is 2.54. The molecule has 0 radical (unpaired) electrons. The molecular formula is C12H19NO2. The number of carbonyl (C=O) groups is 1. The number of ether oxygens (including phenoxy) is 1. The molecule has 1 amide bonds. The Morgan fingerprint density at radius 3 is 2.60 bits per heavy atom. The van der Waals surface area contributed by atoms with E-state index in [9.17, 15) is 4.79 Å². The van der Waals surface area contributed by atoms with Crippen LogP contribution in [0.2, 0.25) is 0 Å². The fraction of sp³-hybridized carbons (Fsp3) is 0.750. The van der Waals surface area contributed by atoms with Crippen LogP contribution in [0.4, 0.5) is 4.79 Å². The van der Waals surface area contributed by atoms with Gasteiger partial charge in [0.25, 0.3) is 0 Å². The molecule has 84 valence electrons. The average Bonchev–Trinajstić information content (AvgIpc) is 1.99. The van der Waals surface area contributed by atoms with Gasteiger partial charge in [0.15, 0.2) is 0 Å². The zero-order valence-electron chi connectivity index (χ0n) is 9.67. The monoisotopic (exact) mass is 209 g/mol. The van der Waals surface area contributed by atoms with E-state index in [0.29, 0.717) is 18.4 Å². The van der Waals surface area contributed by atoms with Gasteiger partial charge >= 0.3 is 6.09 Å². The minimum absolute atomic E-state index is 0.333. The highest BCUT2D eigenvalue weighted by Crippen LogP contribution is 2.32. The Morgan fingerprint density at radius 1 is 1.53 bits per heavy atom. The summed E-state index contributed by atoms with van der Waals surface area (Å²) in [4.78, 5) is 11.3. The number of hydrogen-bond acceptors (Lipinski definition) is 2. The Labute approximate surface area is 91.6 Å². The topological polar surface area (TPSA) is 38.3 Å². The number of alkyl carbamates (subject to hydrolysis) is 1. The minimum atomic E-state index is -0.435. The zero-order chi connectivity index (χ0) is 11.5. The van der Waals surface area contributed by atoms with E-state index < -0.39 is 5.60 Å². The Hall–Kier alpha value is -1.17. The highest BCUT2D eigenvalue weighted by atomic mass is 16.6. The van der Waals surface area contributed by atoms with Crippen molar-refractivity contribution in [2.75, 3.05) is 6.54 Å². The third kappa shape index (κ3) is 3.83. The lowest BCUT2D eigenvalue weighted by atomic mass is 9.74. The van der Waals surface area contributed by atoms with Crippen LogP contribution < -0.4 is 5.32 Å². The smallest absolute Gasteiger partial charge is 0.407 e. The molecule has 1 aliphatic carbocycles. The van der Waals surface area contributed by atoms with E-state index in [0.717, 1.165) is 12.8 Å². The maximum atomic E-state index is 11.3.